The zero-order chi connectivity index (χ0) is 14.8. The Balaban J connectivity index is 1.86. The van der Waals surface area contributed by atoms with Gasteiger partial charge in [0.1, 0.15) is 6.67 Å². The molecule has 0 saturated heterocycles. The third-order valence-electron chi connectivity index (χ3n) is 3.74. The van der Waals surface area contributed by atoms with Crippen LogP contribution >= 0.6 is 0 Å². The van der Waals surface area contributed by atoms with Crippen LogP contribution in [0.15, 0.2) is 34.3 Å². The van der Waals surface area contributed by atoms with Crippen LogP contribution in [-0.2, 0) is 10.3 Å². The van der Waals surface area contributed by atoms with Crippen molar-refractivity contribution in [2.24, 2.45) is 9.98 Å². The summed E-state index contributed by atoms with van der Waals surface area (Å²) in [5.41, 5.74) is 0.482. The summed E-state index contributed by atoms with van der Waals surface area (Å²) in [7, 11) is 0. The minimum absolute atomic E-state index is 0.501. The van der Waals surface area contributed by atoms with Crippen molar-refractivity contribution >= 4 is 12.4 Å². The first-order valence-corrected chi connectivity index (χ1v) is 8.00. The highest BCUT2D eigenvalue weighted by Crippen LogP contribution is 2.24. The number of nitrogens with zero attached hydrogens (tertiary/aromatic N) is 2. The van der Waals surface area contributed by atoms with E-state index in [9.17, 15) is 0 Å². The lowest BCUT2D eigenvalue weighted by Gasteiger charge is -2.28. The van der Waals surface area contributed by atoms with Gasteiger partial charge in [-0.1, -0.05) is 63.3 Å². The maximum absolute atomic E-state index is 6.15. The topological polar surface area (TPSA) is 34.0 Å². The van der Waals surface area contributed by atoms with E-state index in [-0.39, 0.29) is 0 Å². The SMILES string of the molecule is CCCCCCCCOC1(c2cc[c]cc2)C=NCN=C1. The van der Waals surface area contributed by atoms with Crippen molar-refractivity contribution in [1.82, 2.24) is 0 Å². The van der Waals surface area contributed by atoms with Gasteiger partial charge in [0.05, 0.1) is 0 Å². The van der Waals surface area contributed by atoms with Crippen LogP contribution in [0.5, 0.6) is 0 Å². The number of ether oxygens (including phenoxy) is 1. The molecule has 0 aromatic heterocycles. The van der Waals surface area contributed by atoms with Gasteiger partial charge >= 0.3 is 0 Å². The maximum atomic E-state index is 6.15. The van der Waals surface area contributed by atoms with Gasteiger partial charge in [-0.3, -0.25) is 9.98 Å². The monoisotopic (exact) mass is 285 g/mol. The van der Waals surface area contributed by atoms with Gasteiger partial charge in [-0.05, 0) is 18.1 Å². The Morgan fingerprint density at radius 2 is 1.71 bits per heavy atom. The molecule has 2 rings (SSSR count). The summed E-state index contributed by atoms with van der Waals surface area (Å²) in [5.74, 6) is 0. The minimum Gasteiger partial charge on any atom is -0.359 e. The van der Waals surface area contributed by atoms with E-state index in [1.54, 1.807) is 0 Å². The standard InChI is InChI=1S/C18H25N2O/c1-2-3-4-5-6-10-13-21-18(14-19-16-20-15-18)17-11-8-7-9-12-17/h8-9,11-12,14-15H,2-6,10,13,16H2,1H3. The maximum Gasteiger partial charge on any atom is 0.163 e. The molecule has 3 nitrogen and oxygen atoms in total. The van der Waals surface area contributed by atoms with Gasteiger partial charge in [0, 0.05) is 19.0 Å². The number of hydrogen-bond donors (Lipinski definition) is 0. The molecular formula is C18H25N2O. The Hall–Kier alpha value is -1.48. The van der Waals surface area contributed by atoms with Crippen molar-refractivity contribution in [1.29, 1.82) is 0 Å². The average molecular weight is 285 g/mol. The molecule has 0 bridgehead atoms. The van der Waals surface area contributed by atoms with Crippen LogP contribution in [0.25, 0.3) is 0 Å². The molecule has 21 heavy (non-hydrogen) atoms. The molecule has 1 aliphatic rings. The largest absolute Gasteiger partial charge is 0.359 e. The fraction of sp³-hybridized carbons (Fsp3) is 0.556. The molecule has 0 unspecified atom stereocenters. The first kappa shape index (κ1) is 15.9. The Morgan fingerprint density at radius 1 is 1.05 bits per heavy atom. The number of rotatable bonds is 9. The Morgan fingerprint density at radius 3 is 2.43 bits per heavy atom. The first-order chi connectivity index (χ1) is 10.4. The molecule has 3 heteroatoms. The minimum atomic E-state index is -0.587. The highest BCUT2D eigenvalue weighted by molar-refractivity contribution is 5.95. The Bertz CT molecular complexity index is 442. The van der Waals surface area contributed by atoms with E-state index in [1.807, 2.05) is 36.7 Å². The van der Waals surface area contributed by atoms with Crippen LogP contribution < -0.4 is 0 Å². The van der Waals surface area contributed by atoms with Crippen LogP contribution in [0, 0.1) is 6.07 Å². The van der Waals surface area contributed by atoms with Crippen molar-refractivity contribution in [3.05, 3.63) is 35.9 Å². The average Bonchev–Trinajstić information content (AvgIpc) is 2.56. The van der Waals surface area contributed by atoms with Crippen LogP contribution in [0.4, 0.5) is 0 Å². The van der Waals surface area contributed by atoms with E-state index in [0.29, 0.717) is 6.67 Å². The normalized spacial score (nSPS) is 16.2. The van der Waals surface area contributed by atoms with Gasteiger partial charge in [0.25, 0.3) is 0 Å². The van der Waals surface area contributed by atoms with Crippen molar-refractivity contribution in [2.75, 3.05) is 13.3 Å². The van der Waals surface area contributed by atoms with Crippen molar-refractivity contribution in [2.45, 2.75) is 51.0 Å². The van der Waals surface area contributed by atoms with E-state index < -0.39 is 5.60 Å². The van der Waals surface area contributed by atoms with E-state index in [0.717, 1.165) is 18.6 Å². The fourth-order valence-corrected chi connectivity index (χ4v) is 2.51. The number of benzene rings is 1. The molecule has 0 N–H and O–H groups in total. The smallest absolute Gasteiger partial charge is 0.163 e. The van der Waals surface area contributed by atoms with E-state index in [1.165, 1.54) is 32.1 Å². The molecule has 1 heterocycles. The van der Waals surface area contributed by atoms with E-state index in [2.05, 4.69) is 23.0 Å². The van der Waals surface area contributed by atoms with E-state index >= 15 is 0 Å². The molecule has 1 radical (unpaired) electrons. The molecule has 1 aromatic carbocycles. The van der Waals surface area contributed by atoms with E-state index in [4.69, 9.17) is 4.74 Å². The van der Waals surface area contributed by atoms with Crippen molar-refractivity contribution in [3.8, 4) is 0 Å². The Labute approximate surface area is 128 Å². The molecule has 1 aromatic rings. The summed E-state index contributed by atoms with van der Waals surface area (Å²) in [4.78, 5) is 8.58. The Kier molecular flexibility index (Phi) is 6.61. The number of unbranched alkanes of at least 4 members (excludes halogenated alkanes) is 5. The predicted octanol–water partition coefficient (Wildman–Crippen LogP) is 4.17. The molecule has 113 valence electrons. The summed E-state index contributed by atoms with van der Waals surface area (Å²) in [6.07, 6.45) is 11.3. The molecule has 0 fully saturated rings. The second-order valence-electron chi connectivity index (χ2n) is 5.46. The van der Waals surface area contributed by atoms with Crippen LogP contribution in [-0.4, -0.2) is 25.7 Å². The molecule has 0 aliphatic carbocycles. The lowest BCUT2D eigenvalue weighted by molar-refractivity contribution is 0.0575. The molecule has 1 aliphatic heterocycles. The highest BCUT2D eigenvalue weighted by Gasteiger charge is 2.30. The predicted molar refractivity (Wildman–Crippen MR) is 88.1 cm³/mol. The summed E-state index contributed by atoms with van der Waals surface area (Å²) >= 11 is 0. The highest BCUT2D eigenvalue weighted by atomic mass is 16.5. The number of hydrogen-bond acceptors (Lipinski definition) is 3. The molecular weight excluding hydrogens is 260 g/mol. The fourth-order valence-electron chi connectivity index (χ4n) is 2.51. The third-order valence-corrected chi connectivity index (χ3v) is 3.74. The zero-order valence-electron chi connectivity index (χ0n) is 12.9. The summed E-state index contributed by atoms with van der Waals surface area (Å²) < 4.78 is 6.15. The van der Waals surface area contributed by atoms with Crippen LogP contribution in [0.2, 0.25) is 0 Å². The molecule has 0 atom stereocenters. The number of aliphatic imine (C=N–C) groups is 2. The van der Waals surface area contributed by atoms with Crippen molar-refractivity contribution < 1.29 is 4.74 Å². The third kappa shape index (κ3) is 4.78. The van der Waals surface area contributed by atoms with Crippen molar-refractivity contribution in [3.63, 3.8) is 0 Å². The molecule has 0 saturated carbocycles. The van der Waals surface area contributed by atoms with Gasteiger partial charge in [-0.15, -0.1) is 0 Å². The van der Waals surface area contributed by atoms with Crippen LogP contribution in [0.3, 0.4) is 0 Å². The quantitative estimate of drug-likeness (QED) is 0.627. The summed E-state index contributed by atoms with van der Waals surface area (Å²) in [5, 5.41) is 0. The molecule has 0 spiro atoms. The summed E-state index contributed by atoms with van der Waals surface area (Å²) in [6, 6.07) is 10.9. The lowest BCUT2D eigenvalue weighted by Crippen LogP contribution is -2.35. The first-order valence-electron chi connectivity index (χ1n) is 8.00. The van der Waals surface area contributed by atoms with Gasteiger partial charge < -0.3 is 4.74 Å². The van der Waals surface area contributed by atoms with Gasteiger partial charge in [-0.25, -0.2) is 0 Å². The van der Waals surface area contributed by atoms with Crippen LogP contribution in [0.1, 0.15) is 51.0 Å². The lowest BCUT2D eigenvalue weighted by atomic mass is 9.95. The van der Waals surface area contributed by atoms with Gasteiger partial charge in [0.2, 0.25) is 0 Å². The molecule has 0 amide bonds. The zero-order valence-corrected chi connectivity index (χ0v) is 12.9. The van der Waals surface area contributed by atoms with Gasteiger partial charge in [0.15, 0.2) is 5.60 Å². The second kappa shape index (κ2) is 8.73. The summed E-state index contributed by atoms with van der Waals surface area (Å²) in [6.45, 7) is 3.48. The van der Waals surface area contributed by atoms with Gasteiger partial charge in [-0.2, -0.15) is 0 Å². The second-order valence-corrected chi connectivity index (χ2v) is 5.46.